The standard InChI is InChI=1S/C15H28NOP/c1-14(2,3)12-10-17-13(16-12)11-8-7-9-18(11)15(4,5)6/h11-12H,7-10H2,1-6H3/t11-,12-,18-/m1/s1. The lowest BCUT2D eigenvalue weighted by molar-refractivity contribution is 0.233. The fourth-order valence-electron chi connectivity index (χ4n) is 2.84. The Morgan fingerprint density at radius 1 is 1.17 bits per heavy atom. The molecule has 18 heavy (non-hydrogen) atoms. The van der Waals surface area contributed by atoms with Crippen LogP contribution >= 0.6 is 7.92 Å². The third-order valence-corrected chi connectivity index (χ3v) is 7.82. The number of aliphatic imine (C=N–C) groups is 1. The molecule has 0 bridgehead atoms. The summed E-state index contributed by atoms with van der Waals surface area (Å²) in [5.74, 6) is 1.09. The highest BCUT2D eigenvalue weighted by molar-refractivity contribution is 7.61. The van der Waals surface area contributed by atoms with Crippen molar-refractivity contribution in [3.05, 3.63) is 0 Å². The van der Waals surface area contributed by atoms with Crippen molar-refractivity contribution in [1.82, 2.24) is 0 Å². The van der Waals surface area contributed by atoms with Crippen LogP contribution in [0.15, 0.2) is 4.99 Å². The van der Waals surface area contributed by atoms with Crippen LogP contribution in [0, 0.1) is 5.41 Å². The van der Waals surface area contributed by atoms with Gasteiger partial charge in [0.2, 0.25) is 0 Å². The molecule has 0 aromatic carbocycles. The van der Waals surface area contributed by atoms with Crippen LogP contribution in [0.1, 0.15) is 54.4 Å². The molecule has 3 atom stereocenters. The van der Waals surface area contributed by atoms with Gasteiger partial charge >= 0.3 is 0 Å². The molecular formula is C15H28NOP. The van der Waals surface area contributed by atoms with Crippen LogP contribution in [0.5, 0.6) is 0 Å². The zero-order valence-corrected chi connectivity index (χ0v) is 13.7. The van der Waals surface area contributed by atoms with E-state index in [2.05, 4.69) is 41.5 Å². The summed E-state index contributed by atoms with van der Waals surface area (Å²) in [4.78, 5) is 4.92. The van der Waals surface area contributed by atoms with Gasteiger partial charge in [-0.2, -0.15) is 0 Å². The zero-order chi connectivity index (χ0) is 13.6. The molecule has 2 aliphatic rings. The van der Waals surface area contributed by atoms with Crippen LogP contribution in [0.2, 0.25) is 0 Å². The number of hydrogen-bond acceptors (Lipinski definition) is 2. The molecule has 0 saturated carbocycles. The maximum absolute atomic E-state index is 5.97. The molecule has 0 aromatic heterocycles. The summed E-state index contributed by atoms with van der Waals surface area (Å²) in [7, 11) is 0.0287. The van der Waals surface area contributed by atoms with Crippen molar-refractivity contribution in [2.75, 3.05) is 12.8 Å². The molecule has 1 saturated heterocycles. The minimum Gasteiger partial charge on any atom is -0.478 e. The zero-order valence-electron chi connectivity index (χ0n) is 12.8. The lowest BCUT2D eigenvalue weighted by atomic mass is 9.88. The topological polar surface area (TPSA) is 21.6 Å². The largest absolute Gasteiger partial charge is 0.478 e. The Morgan fingerprint density at radius 3 is 2.33 bits per heavy atom. The molecule has 0 amide bonds. The van der Waals surface area contributed by atoms with Crippen LogP contribution < -0.4 is 0 Å². The third kappa shape index (κ3) is 2.90. The van der Waals surface area contributed by atoms with Crippen molar-refractivity contribution in [1.29, 1.82) is 0 Å². The Bertz CT molecular complexity index is 337. The predicted molar refractivity (Wildman–Crippen MR) is 81.2 cm³/mol. The lowest BCUT2D eigenvalue weighted by Crippen LogP contribution is -2.25. The van der Waals surface area contributed by atoms with E-state index in [1.54, 1.807) is 0 Å². The van der Waals surface area contributed by atoms with Gasteiger partial charge < -0.3 is 4.74 Å². The molecule has 0 radical (unpaired) electrons. The normalized spacial score (nSPS) is 33.4. The van der Waals surface area contributed by atoms with E-state index in [-0.39, 0.29) is 13.3 Å². The second-order valence-electron chi connectivity index (χ2n) is 7.68. The molecule has 104 valence electrons. The van der Waals surface area contributed by atoms with Crippen molar-refractivity contribution in [3.8, 4) is 0 Å². The monoisotopic (exact) mass is 269 g/mol. The summed E-state index contributed by atoms with van der Waals surface area (Å²) in [6.45, 7) is 14.7. The Hall–Kier alpha value is -0.100. The van der Waals surface area contributed by atoms with Gasteiger partial charge in [0.1, 0.15) is 6.61 Å². The number of rotatable bonds is 1. The van der Waals surface area contributed by atoms with E-state index in [1.807, 2.05) is 0 Å². The van der Waals surface area contributed by atoms with Gasteiger partial charge in [-0.25, -0.2) is 4.99 Å². The van der Waals surface area contributed by atoms with Crippen LogP contribution in [0.4, 0.5) is 0 Å². The van der Waals surface area contributed by atoms with Crippen molar-refractivity contribution >= 4 is 13.8 Å². The summed E-state index contributed by atoms with van der Waals surface area (Å²) in [6.07, 6.45) is 4.04. The van der Waals surface area contributed by atoms with Crippen LogP contribution in [-0.2, 0) is 4.74 Å². The van der Waals surface area contributed by atoms with E-state index < -0.39 is 0 Å². The Morgan fingerprint density at radius 2 is 1.83 bits per heavy atom. The molecule has 3 heteroatoms. The first-order valence-corrected chi connectivity index (χ1v) is 8.76. The van der Waals surface area contributed by atoms with Gasteiger partial charge in [-0.05, 0) is 29.6 Å². The average molecular weight is 269 g/mol. The Labute approximate surface area is 113 Å². The van der Waals surface area contributed by atoms with E-state index in [1.165, 1.54) is 19.0 Å². The Kier molecular flexibility index (Phi) is 3.80. The molecule has 0 N–H and O–H groups in total. The van der Waals surface area contributed by atoms with Crippen molar-refractivity contribution in [2.45, 2.75) is 71.2 Å². The molecule has 0 spiro atoms. The molecule has 0 aromatic rings. The maximum Gasteiger partial charge on any atom is 0.191 e. The predicted octanol–water partition coefficient (Wildman–Crippen LogP) is 4.27. The van der Waals surface area contributed by atoms with E-state index in [4.69, 9.17) is 9.73 Å². The quantitative estimate of drug-likeness (QED) is 0.651. The summed E-state index contributed by atoms with van der Waals surface area (Å²) < 4.78 is 5.97. The van der Waals surface area contributed by atoms with E-state index >= 15 is 0 Å². The second-order valence-corrected chi connectivity index (χ2v) is 11.0. The average Bonchev–Trinajstić information content (AvgIpc) is 2.84. The SMILES string of the molecule is CC(C)(C)[C@H]1COC([C@H]2CCC[P@@]2C(C)(C)C)=N1. The van der Waals surface area contributed by atoms with E-state index in [0.29, 0.717) is 16.9 Å². The minimum atomic E-state index is 0.0287. The fraction of sp³-hybridized carbons (Fsp3) is 0.933. The van der Waals surface area contributed by atoms with Gasteiger partial charge in [-0.1, -0.05) is 49.5 Å². The lowest BCUT2D eigenvalue weighted by Gasteiger charge is -2.32. The smallest absolute Gasteiger partial charge is 0.191 e. The summed E-state index contributed by atoms with van der Waals surface area (Å²) in [6, 6.07) is 0.352. The van der Waals surface area contributed by atoms with Crippen molar-refractivity contribution in [3.63, 3.8) is 0 Å². The highest BCUT2D eigenvalue weighted by Crippen LogP contribution is 2.60. The van der Waals surface area contributed by atoms with Gasteiger partial charge in [-0.15, -0.1) is 0 Å². The first-order chi connectivity index (χ1) is 8.19. The minimum absolute atomic E-state index is 0.0287. The van der Waals surface area contributed by atoms with Crippen LogP contribution in [-0.4, -0.2) is 35.5 Å². The van der Waals surface area contributed by atoms with Gasteiger partial charge in [0.25, 0.3) is 0 Å². The molecule has 2 rings (SSSR count). The van der Waals surface area contributed by atoms with Gasteiger partial charge in [0.15, 0.2) is 5.90 Å². The number of hydrogen-bond donors (Lipinski definition) is 0. The van der Waals surface area contributed by atoms with Crippen LogP contribution in [0.25, 0.3) is 0 Å². The van der Waals surface area contributed by atoms with Crippen molar-refractivity contribution in [2.24, 2.45) is 10.4 Å². The van der Waals surface area contributed by atoms with Crippen LogP contribution in [0.3, 0.4) is 0 Å². The summed E-state index contributed by atoms with van der Waals surface area (Å²) >= 11 is 0. The molecule has 2 heterocycles. The Balaban J connectivity index is 2.13. The molecule has 1 fully saturated rings. The first-order valence-electron chi connectivity index (χ1n) is 7.17. The van der Waals surface area contributed by atoms with Gasteiger partial charge in [0, 0.05) is 0 Å². The van der Waals surface area contributed by atoms with Gasteiger partial charge in [-0.3, -0.25) is 0 Å². The van der Waals surface area contributed by atoms with Crippen molar-refractivity contribution < 1.29 is 4.74 Å². The number of ether oxygens (including phenoxy) is 1. The highest BCUT2D eigenvalue weighted by Gasteiger charge is 2.42. The summed E-state index contributed by atoms with van der Waals surface area (Å²) in [5, 5.41) is 0.433. The number of nitrogens with zero attached hydrogens (tertiary/aromatic N) is 1. The highest BCUT2D eigenvalue weighted by atomic mass is 31.1. The van der Waals surface area contributed by atoms with E-state index in [0.717, 1.165) is 12.5 Å². The van der Waals surface area contributed by atoms with Gasteiger partial charge in [0.05, 0.1) is 11.7 Å². The third-order valence-electron chi connectivity index (χ3n) is 4.07. The first kappa shape index (κ1) is 14.3. The van der Waals surface area contributed by atoms with E-state index in [9.17, 15) is 0 Å². The second kappa shape index (κ2) is 4.78. The molecule has 0 aliphatic carbocycles. The molecule has 2 nitrogen and oxygen atoms in total. The fourth-order valence-corrected chi connectivity index (χ4v) is 6.19. The molecule has 0 unspecified atom stereocenters. The maximum atomic E-state index is 5.97. The summed E-state index contributed by atoms with van der Waals surface area (Å²) in [5.41, 5.74) is 0.859. The molecular weight excluding hydrogens is 241 g/mol. The molecule has 2 aliphatic heterocycles.